The van der Waals surface area contributed by atoms with E-state index in [4.69, 9.17) is 10.3 Å². The number of carbonyl (C=O) groups is 1. The lowest BCUT2D eigenvalue weighted by atomic mass is 10.1. The molecule has 1 heterocycles. The SMILES string of the molecule is Cc1ccc(-c2nnc(CC(=O)NN)o2)cc1C. The van der Waals surface area contributed by atoms with Crippen LogP contribution in [0.25, 0.3) is 11.5 Å². The fourth-order valence-electron chi connectivity index (χ4n) is 1.50. The standard InChI is InChI=1S/C12H14N4O2/c1-7-3-4-9(5-8(7)2)12-16-15-11(18-12)6-10(17)14-13/h3-5H,6,13H2,1-2H3,(H,14,17). The molecule has 1 aromatic heterocycles. The Morgan fingerprint density at radius 3 is 2.78 bits per heavy atom. The summed E-state index contributed by atoms with van der Waals surface area (Å²) in [5.74, 6) is 5.26. The van der Waals surface area contributed by atoms with Crippen molar-refractivity contribution in [2.24, 2.45) is 5.84 Å². The van der Waals surface area contributed by atoms with Crippen molar-refractivity contribution in [2.45, 2.75) is 20.3 Å². The zero-order valence-corrected chi connectivity index (χ0v) is 10.2. The third-order valence-electron chi connectivity index (χ3n) is 2.69. The minimum absolute atomic E-state index is 0.0195. The van der Waals surface area contributed by atoms with Crippen LogP contribution in [0, 0.1) is 13.8 Å². The molecule has 18 heavy (non-hydrogen) atoms. The molecular weight excluding hydrogens is 232 g/mol. The molecule has 0 saturated carbocycles. The Hall–Kier alpha value is -2.21. The van der Waals surface area contributed by atoms with Crippen molar-refractivity contribution in [3.63, 3.8) is 0 Å². The summed E-state index contributed by atoms with van der Waals surface area (Å²) < 4.78 is 5.40. The Balaban J connectivity index is 2.23. The van der Waals surface area contributed by atoms with Gasteiger partial charge in [0.2, 0.25) is 17.7 Å². The molecule has 6 nitrogen and oxygen atoms in total. The molecule has 6 heteroatoms. The maximum Gasteiger partial charge on any atom is 0.247 e. The Labute approximate surface area is 104 Å². The topological polar surface area (TPSA) is 94.0 Å². The van der Waals surface area contributed by atoms with Crippen LogP contribution in [0.15, 0.2) is 22.6 Å². The highest BCUT2D eigenvalue weighted by atomic mass is 16.4. The maximum absolute atomic E-state index is 11.1. The molecule has 0 fully saturated rings. The minimum atomic E-state index is -0.370. The lowest BCUT2D eigenvalue weighted by molar-refractivity contribution is -0.120. The fraction of sp³-hybridized carbons (Fsp3) is 0.250. The van der Waals surface area contributed by atoms with Crippen LogP contribution in [0.2, 0.25) is 0 Å². The minimum Gasteiger partial charge on any atom is -0.420 e. The molecule has 1 aromatic carbocycles. The van der Waals surface area contributed by atoms with Crippen molar-refractivity contribution in [3.05, 3.63) is 35.2 Å². The van der Waals surface area contributed by atoms with Gasteiger partial charge in [-0.2, -0.15) is 0 Å². The van der Waals surface area contributed by atoms with Gasteiger partial charge in [0.15, 0.2) is 0 Å². The normalized spacial score (nSPS) is 10.4. The van der Waals surface area contributed by atoms with Crippen molar-refractivity contribution in [2.75, 3.05) is 0 Å². The van der Waals surface area contributed by atoms with Gasteiger partial charge in [-0.15, -0.1) is 10.2 Å². The number of hydrogen-bond acceptors (Lipinski definition) is 5. The number of amides is 1. The number of nitrogens with two attached hydrogens (primary N) is 1. The van der Waals surface area contributed by atoms with Crippen molar-refractivity contribution < 1.29 is 9.21 Å². The largest absolute Gasteiger partial charge is 0.420 e. The maximum atomic E-state index is 11.1. The summed E-state index contributed by atoms with van der Waals surface area (Å²) in [4.78, 5) is 11.1. The number of hydrogen-bond donors (Lipinski definition) is 2. The van der Waals surface area contributed by atoms with Crippen LogP contribution in [0.5, 0.6) is 0 Å². The first-order valence-corrected chi connectivity index (χ1v) is 5.49. The average molecular weight is 246 g/mol. The van der Waals surface area contributed by atoms with E-state index in [0.717, 1.165) is 11.1 Å². The van der Waals surface area contributed by atoms with Gasteiger partial charge in [0.25, 0.3) is 0 Å². The van der Waals surface area contributed by atoms with Gasteiger partial charge in [0, 0.05) is 5.56 Å². The molecule has 3 N–H and O–H groups in total. The summed E-state index contributed by atoms with van der Waals surface area (Å²) in [5.41, 5.74) is 5.19. The number of rotatable bonds is 3. The summed E-state index contributed by atoms with van der Waals surface area (Å²) in [6.45, 7) is 4.04. The van der Waals surface area contributed by atoms with Crippen LogP contribution in [-0.4, -0.2) is 16.1 Å². The number of hydrazine groups is 1. The molecule has 2 rings (SSSR count). The number of nitrogens with one attached hydrogen (secondary N) is 1. The predicted molar refractivity (Wildman–Crippen MR) is 65.2 cm³/mol. The van der Waals surface area contributed by atoms with Crippen LogP contribution in [0.1, 0.15) is 17.0 Å². The Morgan fingerprint density at radius 1 is 1.33 bits per heavy atom. The summed E-state index contributed by atoms with van der Waals surface area (Å²) in [6, 6.07) is 5.86. The van der Waals surface area contributed by atoms with E-state index in [1.807, 2.05) is 37.5 Å². The van der Waals surface area contributed by atoms with E-state index in [-0.39, 0.29) is 18.2 Å². The van der Waals surface area contributed by atoms with Crippen molar-refractivity contribution >= 4 is 5.91 Å². The lowest BCUT2D eigenvalue weighted by Gasteiger charge is -2.00. The number of aryl methyl sites for hydroxylation is 2. The molecule has 0 spiro atoms. The molecule has 1 amide bonds. The van der Waals surface area contributed by atoms with Gasteiger partial charge in [-0.1, -0.05) is 6.07 Å². The second-order valence-electron chi connectivity index (χ2n) is 4.04. The van der Waals surface area contributed by atoms with Gasteiger partial charge >= 0.3 is 0 Å². The van der Waals surface area contributed by atoms with Gasteiger partial charge in [-0.05, 0) is 37.1 Å². The summed E-state index contributed by atoms with van der Waals surface area (Å²) in [6.07, 6.45) is -0.0195. The Kier molecular flexibility index (Phi) is 3.38. The molecule has 0 aliphatic carbocycles. The van der Waals surface area contributed by atoms with E-state index >= 15 is 0 Å². The van der Waals surface area contributed by atoms with E-state index in [1.165, 1.54) is 5.56 Å². The average Bonchev–Trinajstić information content (AvgIpc) is 2.81. The van der Waals surface area contributed by atoms with Crippen molar-refractivity contribution in [1.29, 1.82) is 0 Å². The second kappa shape index (κ2) is 4.97. The lowest BCUT2D eigenvalue weighted by Crippen LogP contribution is -2.31. The zero-order chi connectivity index (χ0) is 13.1. The van der Waals surface area contributed by atoms with Crippen LogP contribution in [-0.2, 0) is 11.2 Å². The van der Waals surface area contributed by atoms with Crippen molar-refractivity contribution in [3.8, 4) is 11.5 Å². The fourth-order valence-corrected chi connectivity index (χ4v) is 1.50. The van der Waals surface area contributed by atoms with E-state index in [1.54, 1.807) is 0 Å². The van der Waals surface area contributed by atoms with Crippen LogP contribution in [0.3, 0.4) is 0 Å². The molecular formula is C12H14N4O2. The predicted octanol–water partition coefficient (Wildman–Crippen LogP) is 0.886. The number of benzene rings is 1. The molecule has 0 aliphatic rings. The summed E-state index contributed by atoms with van der Waals surface area (Å²) in [7, 11) is 0. The molecule has 94 valence electrons. The van der Waals surface area contributed by atoms with E-state index in [2.05, 4.69) is 10.2 Å². The number of aromatic nitrogens is 2. The molecule has 0 atom stereocenters. The molecule has 0 radical (unpaired) electrons. The first-order chi connectivity index (χ1) is 8.60. The van der Waals surface area contributed by atoms with Crippen molar-refractivity contribution in [1.82, 2.24) is 15.6 Å². The van der Waals surface area contributed by atoms with Gasteiger partial charge in [-0.3, -0.25) is 10.2 Å². The third-order valence-corrected chi connectivity index (χ3v) is 2.69. The number of nitrogens with zero attached hydrogens (tertiary/aromatic N) is 2. The highest BCUT2D eigenvalue weighted by Crippen LogP contribution is 2.20. The Morgan fingerprint density at radius 2 is 2.11 bits per heavy atom. The first-order valence-electron chi connectivity index (χ1n) is 5.49. The zero-order valence-electron chi connectivity index (χ0n) is 10.2. The van der Waals surface area contributed by atoms with E-state index in [9.17, 15) is 4.79 Å². The van der Waals surface area contributed by atoms with E-state index < -0.39 is 0 Å². The highest BCUT2D eigenvalue weighted by Gasteiger charge is 2.11. The van der Waals surface area contributed by atoms with E-state index in [0.29, 0.717) is 5.89 Å². The van der Waals surface area contributed by atoms with Gasteiger partial charge in [0.1, 0.15) is 6.42 Å². The molecule has 0 saturated heterocycles. The third kappa shape index (κ3) is 2.54. The molecule has 2 aromatic rings. The quantitative estimate of drug-likeness (QED) is 0.476. The molecule has 0 aliphatic heterocycles. The second-order valence-corrected chi connectivity index (χ2v) is 4.04. The molecule has 0 bridgehead atoms. The highest BCUT2D eigenvalue weighted by molar-refractivity contribution is 5.76. The number of carbonyl (C=O) groups excluding carboxylic acids is 1. The monoisotopic (exact) mass is 246 g/mol. The smallest absolute Gasteiger partial charge is 0.247 e. The van der Waals surface area contributed by atoms with Gasteiger partial charge in [-0.25, -0.2) is 5.84 Å². The summed E-state index contributed by atoms with van der Waals surface area (Å²) >= 11 is 0. The van der Waals surface area contributed by atoms with Crippen LogP contribution >= 0.6 is 0 Å². The molecule has 0 unspecified atom stereocenters. The van der Waals surface area contributed by atoms with Gasteiger partial charge < -0.3 is 4.42 Å². The van der Waals surface area contributed by atoms with Crippen LogP contribution < -0.4 is 11.3 Å². The summed E-state index contributed by atoms with van der Waals surface area (Å²) in [5, 5.41) is 7.71. The van der Waals surface area contributed by atoms with Crippen LogP contribution in [0.4, 0.5) is 0 Å². The first kappa shape index (κ1) is 12.3. The van der Waals surface area contributed by atoms with Gasteiger partial charge in [0.05, 0.1) is 0 Å². The Bertz CT molecular complexity index is 577.